The van der Waals surface area contributed by atoms with Crippen LogP contribution in [0, 0.1) is 6.92 Å². The van der Waals surface area contributed by atoms with Crippen LogP contribution in [0.3, 0.4) is 0 Å². The molecule has 4 N–H and O–H groups in total. The molecular weight excluding hydrogens is 721 g/mol. The third-order valence-corrected chi connectivity index (χ3v) is 10.8. The Hall–Kier alpha value is -4.83. The van der Waals surface area contributed by atoms with Crippen LogP contribution in [0.1, 0.15) is 53.4 Å². The van der Waals surface area contributed by atoms with Gasteiger partial charge in [-0.25, -0.2) is 18.2 Å². The number of halogens is 2. The van der Waals surface area contributed by atoms with Gasteiger partial charge in [-0.15, -0.1) is 0 Å². The number of aryl methyl sites for hydroxylation is 1. The van der Waals surface area contributed by atoms with Crippen molar-refractivity contribution >= 4 is 67.9 Å². The Balaban J connectivity index is 1.16. The van der Waals surface area contributed by atoms with Crippen LogP contribution < -0.4 is 21.1 Å². The number of hydrogen-bond donors (Lipinski definition) is 3. The van der Waals surface area contributed by atoms with E-state index in [1.807, 2.05) is 6.92 Å². The number of para-hydroxylation sites is 1. The summed E-state index contributed by atoms with van der Waals surface area (Å²) in [6.07, 6.45) is 2.85. The number of ether oxygens (including phenoxy) is 1. The van der Waals surface area contributed by atoms with Crippen molar-refractivity contribution in [2.45, 2.75) is 50.7 Å². The molecule has 1 aliphatic rings. The van der Waals surface area contributed by atoms with E-state index in [1.165, 1.54) is 19.1 Å². The number of rotatable bonds is 13. The number of amidine groups is 1. The van der Waals surface area contributed by atoms with Crippen molar-refractivity contribution in [1.82, 2.24) is 24.9 Å². The highest BCUT2D eigenvalue weighted by molar-refractivity contribution is 7.89. The van der Waals surface area contributed by atoms with Gasteiger partial charge < -0.3 is 25.9 Å². The van der Waals surface area contributed by atoms with Crippen LogP contribution in [0.5, 0.6) is 5.75 Å². The zero-order chi connectivity index (χ0) is 36.7. The largest absolute Gasteiger partial charge is 0.486 e. The lowest BCUT2D eigenvalue weighted by Crippen LogP contribution is -2.46. The van der Waals surface area contributed by atoms with E-state index in [1.54, 1.807) is 48.7 Å². The molecule has 14 nitrogen and oxygen atoms in total. The molecule has 1 saturated heterocycles. The molecule has 1 fully saturated rings. The van der Waals surface area contributed by atoms with E-state index in [-0.39, 0.29) is 58.5 Å². The summed E-state index contributed by atoms with van der Waals surface area (Å²) in [5.41, 5.74) is 8.75. The lowest BCUT2D eigenvalue weighted by atomic mass is 10.1. The molecule has 51 heavy (non-hydrogen) atoms. The second-order valence-electron chi connectivity index (χ2n) is 11.6. The van der Waals surface area contributed by atoms with Gasteiger partial charge in [-0.05, 0) is 62.6 Å². The molecule has 2 amide bonds. The maximum absolute atomic E-state index is 13.9. The molecular formula is C34H35Cl2N7O7S. The minimum atomic E-state index is -4.21. The van der Waals surface area contributed by atoms with Crippen molar-refractivity contribution in [3.8, 4) is 5.75 Å². The Morgan fingerprint density at radius 2 is 1.76 bits per heavy atom. The molecule has 3 aromatic carbocycles. The fourth-order valence-corrected chi connectivity index (χ4v) is 7.89. The first-order valence-electron chi connectivity index (χ1n) is 15.9. The monoisotopic (exact) mass is 755 g/mol. The summed E-state index contributed by atoms with van der Waals surface area (Å²) in [6, 6.07) is 13.3. The molecule has 268 valence electrons. The van der Waals surface area contributed by atoms with Crippen LogP contribution in [0.2, 0.25) is 10.0 Å². The van der Waals surface area contributed by atoms with Gasteiger partial charge in [-0.3, -0.25) is 14.6 Å². The number of sulfonamides is 1. The topological polar surface area (TPSA) is 195 Å². The predicted octanol–water partition coefficient (Wildman–Crippen LogP) is 4.10. The van der Waals surface area contributed by atoms with Gasteiger partial charge in [0.05, 0.1) is 16.2 Å². The molecule has 0 radical (unpaired) electrons. The highest BCUT2D eigenvalue weighted by atomic mass is 35.5. The lowest BCUT2D eigenvalue weighted by Gasteiger charge is -2.24. The average molecular weight is 757 g/mol. The number of fused-ring (bicyclic) bond motifs is 1. The van der Waals surface area contributed by atoms with E-state index >= 15 is 0 Å². The standard InChI is InChI=1S/C34H35Cl2N7O7S/c1-20-18-40-26-6-3-8-28(31(26)41-20)49-19-24-25(35)13-14-29(30(24)36)51(47,48)43-17-4-7-27(43)34(46)39-16-5-15-38-33(45)23-11-9-22(10-12-23)32(37)42-50-21(2)44/h3,6,8-14,18,27H,4-5,7,15-17,19H2,1-2H3,(H2,37,42)(H,38,45)(H,39,46)/t27-/m0/s1. The molecule has 0 bridgehead atoms. The van der Waals surface area contributed by atoms with Crippen molar-refractivity contribution < 1.29 is 32.4 Å². The number of aromatic nitrogens is 2. The van der Waals surface area contributed by atoms with E-state index in [2.05, 4.69) is 30.6 Å². The quantitative estimate of drug-likeness (QED) is 0.0588. The Kier molecular flexibility index (Phi) is 12.1. The molecule has 1 aliphatic heterocycles. The number of carbonyl (C=O) groups is 3. The van der Waals surface area contributed by atoms with Gasteiger partial charge in [-0.2, -0.15) is 4.31 Å². The van der Waals surface area contributed by atoms with Crippen LogP contribution in [-0.2, 0) is 31.1 Å². The number of nitrogens with two attached hydrogens (primary N) is 1. The van der Waals surface area contributed by atoms with Crippen molar-refractivity contribution in [3.05, 3.63) is 93.2 Å². The molecule has 0 spiro atoms. The molecule has 2 heterocycles. The molecule has 1 atom stereocenters. The van der Waals surface area contributed by atoms with E-state index in [0.717, 1.165) is 4.31 Å². The Bertz CT molecular complexity index is 2100. The van der Waals surface area contributed by atoms with Gasteiger partial charge >= 0.3 is 5.97 Å². The summed E-state index contributed by atoms with van der Waals surface area (Å²) in [5.74, 6) is -0.992. The van der Waals surface area contributed by atoms with Crippen LogP contribution >= 0.6 is 23.2 Å². The van der Waals surface area contributed by atoms with Gasteiger partial charge in [0.1, 0.15) is 28.8 Å². The number of benzene rings is 3. The van der Waals surface area contributed by atoms with Crippen LogP contribution in [0.25, 0.3) is 11.0 Å². The van der Waals surface area contributed by atoms with Gasteiger partial charge in [0.2, 0.25) is 15.9 Å². The number of nitrogens with one attached hydrogen (secondary N) is 2. The summed E-state index contributed by atoms with van der Waals surface area (Å²) < 4.78 is 35.0. The zero-order valence-corrected chi connectivity index (χ0v) is 30.0. The highest BCUT2D eigenvalue weighted by Gasteiger charge is 2.40. The maximum Gasteiger partial charge on any atom is 0.332 e. The minimum Gasteiger partial charge on any atom is -0.486 e. The first-order valence-corrected chi connectivity index (χ1v) is 18.1. The van der Waals surface area contributed by atoms with E-state index in [9.17, 15) is 22.8 Å². The predicted molar refractivity (Wildman–Crippen MR) is 191 cm³/mol. The highest BCUT2D eigenvalue weighted by Crippen LogP contribution is 2.36. The fourth-order valence-electron chi connectivity index (χ4n) is 5.37. The average Bonchev–Trinajstić information content (AvgIpc) is 3.62. The molecule has 17 heteroatoms. The molecule has 0 aliphatic carbocycles. The normalized spacial score (nSPS) is 15.1. The summed E-state index contributed by atoms with van der Waals surface area (Å²) in [6.45, 7) is 3.46. The molecule has 4 aromatic rings. The summed E-state index contributed by atoms with van der Waals surface area (Å²) >= 11 is 13.1. The summed E-state index contributed by atoms with van der Waals surface area (Å²) in [5, 5.41) is 9.17. The van der Waals surface area contributed by atoms with Crippen LogP contribution in [-0.4, -0.2) is 72.0 Å². The number of amides is 2. The maximum atomic E-state index is 13.9. The van der Waals surface area contributed by atoms with Crippen molar-refractivity contribution in [3.63, 3.8) is 0 Å². The first-order chi connectivity index (χ1) is 24.4. The van der Waals surface area contributed by atoms with Crippen molar-refractivity contribution in [2.75, 3.05) is 19.6 Å². The van der Waals surface area contributed by atoms with Crippen molar-refractivity contribution in [1.29, 1.82) is 0 Å². The zero-order valence-electron chi connectivity index (χ0n) is 27.7. The second-order valence-corrected chi connectivity index (χ2v) is 14.2. The molecule has 0 unspecified atom stereocenters. The number of hydrogen-bond acceptors (Lipinski definition) is 10. The molecule has 1 aromatic heterocycles. The molecule has 0 saturated carbocycles. The summed E-state index contributed by atoms with van der Waals surface area (Å²) in [4.78, 5) is 49.8. The third-order valence-electron chi connectivity index (χ3n) is 7.93. The van der Waals surface area contributed by atoms with E-state index in [4.69, 9.17) is 33.7 Å². The Labute approximate surface area is 304 Å². The van der Waals surface area contributed by atoms with Gasteiger partial charge in [0.25, 0.3) is 5.91 Å². The van der Waals surface area contributed by atoms with Crippen LogP contribution in [0.4, 0.5) is 0 Å². The van der Waals surface area contributed by atoms with Crippen LogP contribution in [0.15, 0.2) is 70.8 Å². The van der Waals surface area contributed by atoms with Crippen molar-refractivity contribution in [2.24, 2.45) is 10.9 Å². The van der Waals surface area contributed by atoms with E-state index < -0.39 is 27.9 Å². The first kappa shape index (κ1) is 37.4. The summed E-state index contributed by atoms with van der Waals surface area (Å²) in [7, 11) is -4.21. The Morgan fingerprint density at radius 3 is 2.51 bits per heavy atom. The Morgan fingerprint density at radius 1 is 1.04 bits per heavy atom. The minimum absolute atomic E-state index is 0.0176. The second kappa shape index (κ2) is 16.5. The van der Waals surface area contributed by atoms with E-state index in [0.29, 0.717) is 52.9 Å². The smallest absolute Gasteiger partial charge is 0.332 e. The fraction of sp³-hybridized carbons (Fsp3) is 0.294. The molecule has 5 rings (SSSR count). The third kappa shape index (κ3) is 8.92. The SMILES string of the molecule is CC(=O)O/N=C(/N)c1ccc(C(=O)NCCCNC(=O)[C@@H]2CCCN2S(=O)(=O)c2ccc(Cl)c(COc3cccc4ncc(C)nc34)c2Cl)cc1. The van der Waals surface area contributed by atoms with Gasteiger partial charge in [0, 0.05) is 54.5 Å². The number of carbonyl (C=O) groups excluding carboxylic acids is 3. The van der Waals surface area contributed by atoms with Gasteiger partial charge in [-0.1, -0.05) is 46.6 Å². The van der Waals surface area contributed by atoms with Gasteiger partial charge in [0.15, 0.2) is 5.84 Å². The lowest BCUT2D eigenvalue weighted by molar-refractivity contribution is -0.141. The number of oxime groups is 1. The number of nitrogens with zero attached hydrogens (tertiary/aromatic N) is 4.